The van der Waals surface area contributed by atoms with E-state index in [4.69, 9.17) is 11.6 Å². The zero-order valence-corrected chi connectivity index (χ0v) is 17.0. The van der Waals surface area contributed by atoms with Crippen LogP contribution in [0.5, 0.6) is 0 Å². The van der Waals surface area contributed by atoms with Gasteiger partial charge in [0.2, 0.25) is 11.8 Å². The van der Waals surface area contributed by atoms with E-state index in [0.29, 0.717) is 16.5 Å². The fourth-order valence-electron chi connectivity index (χ4n) is 2.84. The number of aromatic nitrogens is 2. The minimum Gasteiger partial charge on any atom is -0.324 e. The van der Waals surface area contributed by atoms with E-state index in [2.05, 4.69) is 15.7 Å². The van der Waals surface area contributed by atoms with E-state index < -0.39 is 0 Å². The molecule has 1 aromatic heterocycles. The van der Waals surface area contributed by atoms with Crippen molar-refractivity contribution >= 4 is 34.9 Å². The highest BCUT2D eigenvalue weighted by Gasteiger charge is 2.15. The third kappa shape index (κ3) is 5.66. The molecular weight excluding hydrogens is 390 g/mol. The normalized spacial score (nSPS) is 10.8. The van der Waals surface area contributed by atoms with Crippen molar-refractivity contribution in [2.24, 2.45) is 0 Å². The molecule has 0 aliphatic carbocycles. The molecule has 0 radical (unpaired) electrons. The minimum atomic E-state index is -0.251. The maximum Gasteiger partial charge on any atom is 0.239 e. The van der Waals surface area contributed by atoms with Crippen molar-refractivity contribution < 1.29 is 9.59 Å². The van der Waals surface area contributed by atoms with E-state index in [1.54, 1.807) is 47.0 Å². The average Bonchev–Trinajstić information content (AvgIpc) is 3.04. The number of halogens is 1. The van der Waals surface area contributed by atoms with Gasteiger partial charge in [-0.05, 0) is 38.2 Å². The van der Waals surface area contributed by atoms with Crippen molar-refractivity contribution in [2.75, 3.05) is 30.8 Å². The van der Waals surface area contributed by atoms with Crippen molar-refractivity contribution in [1.82, 2.24) is 14.7 Å². The number of benzene rings is 2. The number of nitrogens with one attached hydrogen (secondary N) is 2. The summed E-state index contributed by atoms with van der Waals surface area (Å²) in [5.41, 5.74) is 2.18. The first-order valence-electron chi connectivity index (χ1n) is 9.07. The molecule has 2 amide bonds. The number of likely N-dealkylation sites (N-methyl/N-ethyl adjacent to an activating group) is 1. The van der Waals surface area contributed by atoms with Crippen LogP contribution < -0.4 is 10.6 Å². The Hall–Kier alpha value is -3.16. The summed E-state index contributed by atoms with van der Waals surface area (Å²) in [6.07, 6.45) is 0. The largest absolute Gasteiger partial charge is 0.324 e. The van der Waals surface area contributed by atoms with Crippen LogP contribution >= 0.6 is 11.6 Å². The van der Waals surface area contributed by atoms with Gasteiger partial charge in [-0.3, -0.25) is 14.5 Å². The predicted octanol–water partition coefficient (Wildman–Crippen LogP) is 3.34. The first-order valence-corrected chi connectivity index (χ1v) is 9.45. The van der Waals surface area contributed by atoms with Crippen molar-refractivity contribution in [1.29, 1.82) is 0 Å². The number of carbonyl (C=O) groups excluding carboxylic acids is 2. The Morgan fingerprint density at radius 2 is 1.62 bits per heavy atom. The molecule has 2 N–H and O–H groups in total. The third-order valence-electron chi connectivity index (χ3n) is 4.07. The van der Waals surface area contributed by atoms with Crippen LogP contribution in [0.3, 0.4) is 0 Å². The molecule has 0 saturated heterocycles. The molecule has 8 heteroatoms. The van der Waals surface area contributed by atoms with Crippen LogP contribution in [0, 0.1) is 6.92 Å². The summed E-state index contributed by atoms with van der Waals surface area (Å²) < 4.78 is 1.68. The maximum atomic E-state index is 12.5. The molecule has 0 aliphatic rings. The summed E-state index contributed by atoms with van der Waals surface area (Å²) in [7, 11) is 1.70. The summed E-state index contributed by atoms with van der Waals surface area (Å²) in [5.74, 6) is 0.0846. The highest BCUT2D eigenvalue weighted by Crippen LogP contribution is 2.20. The summed E-state index contributed by atoms with van der Waals surface area (Å²) in [4.78, 5) is 26.3. The lowest BCUT2D eigenvalue weighted by molar-refractivity contribution is -0.119. The van der Waals surface area contributed by atoms with Crippen molar-refractivity contribution in [3.8, 4) is 5.69 Å². The van der Waals surface area contributed by atoms with Gasteiger partial charge >= 0.3 is 0 Å². The molecule has 0 unspecified atom stereocenters. The SMILES string of the molecule is Cc1cc(NC(=O)CN(C)CC(=O)Nc2ccccc2Cl)n(-c2ccccc2)n1. The first-order chi connectivity index (χ1) is 13.9. The number of anilines is 2. The number of amides is 2. The van der Waals surface area contributed by atoms with Crippen LogP contribution in [0.1, 0.15) is 5.69 Å². The van der Waals surface area contributed by atoms with Crippen LogP contribution in [0.4, 0.5) is 11.5 Å². The van der Waals surface area contributed by atoms with Crippen LogP contribution in [0.15, 0.2) is 60.7 Å². The third-order valence-corrected chi connectivity index (χ3v) is 4.40. The summed E-state index contributed by atoms with van der Waals surface area (Å²) in [6, 6.07) is 18.3. The van der Waals surface area contributed by atoms with Crippen molar-refractivity contribution in [2.45, 2.75) is 6.92 Å². The van der Waals surface area contributed by atoms with Gasteiger partial charge in [-0.1, -0.05) is 41.9 Å². The quantitative estimate of drug-likeness (QED) is 0.625. The van der Waals surface area contributed by atoms with E-state index in [1.807, 2.05) is 37.3 Å². The van der Waals surface area contributed by atoms with E-state index in [1.165, 1.54) is 0 Å². The van der Waals surface area contributed by atoms with Crippen LogP contribution in [-0.2, 0) is 9.59 Å². The zero-order valence-electron chi connectivity index (χ0n) is 16.2. The van der Waals surface area contributed by atoms with Crippen molar-refractivity contribution in [3.63, 3.8) is 0 Å². The van der Waals surface area contributed by atoms with Crippen LogP contribution in [0.25, 0.3) is 5.69 Å². The molecule has 0 atom stereocenters. The van der Waals surface area contributed by atoms with Gasteiger partial charge in [-0.25, -0.2) is 4.68 Å². The number of hydrogen-bond donors (Lipinski definition) is 2. The Balaban J connectivity index is 1.57. The molecule has 0 fully saturated rings. The Labute approximate surface area is 174 Å². The zero-order chi connectivity index (χ0) is 20.8. The molecule has 0 saturated carbocycles. The smallest absolute Gasteiger partial charge is 0.239 e. The highest BCUT2D eigenvalue weighted by atomic mass is 35.5. The fourth-order valence-corrected chi connectivity index (χ4v) is 3.02. The molecule has 29 heavy (non-hydrogen) atoms. The van der Waals surface area contributed by atoms with Gasteiger partial charge in [0, 0.05) is 6.07 Å². The molecule has 7 nitrogen and oxygen atoms in total. The second-order valence-corrected chi connectivity index (χ2v) is 7.07. The topological polar surface area (TPSA) is 79.3 Å². The van der Waals surface area contributed by atoms with Gasteiger partial charge in [0.25, 0.3) is 0 Å². The molecule has 0 aliphatic heterocycles. The predicted molar refractivity (Wildman–Crippen MR) is 115 cm³/mol. The molecule has 3 rings (SSSR count). The minimum absolute atomic E-state index is 0.0506. The molecule has 2 aromatic carbocycles. The Morgan fingerprint density at radius 3 is 2.31 bits per heavy atom. The van der Waals surface area contributed by atoms with E-state index in [0.717, 1.165) is 11.4 Å². The molecule has 0 spiro atoms. The van der Waals surface area contributed by atoms with Crippen LogP contribution in [0.2, 0.25) is 5.02 Å². The molecule has 1 heterocycles. The monoisotopic (exact) mass is 411 g/mol. The van der Waals surface area contributed by atoms with Gasteiger partial charge in [-0.15, -0.1) is 0 Å². The van der Waals surface area contributed by atoms with E-state index >= 15 is 0 Å². The second-order valence-electron chi connectivity index (χ2n) is 6.67. The number of para-hydroxylation sites is 2. The number of nitrogens with zero attached hydrogens (tertiary/aromatic N) is 3. The Morgan fingerprint density at radius 1 is 1.00 bits per heavy atom. The summed E-state index contributed by atoms with van der Waals surface area (Å²) in [5, 5.41) is 10.5. The average molecular weight is 412 g/mol. The number of hydrogen-bond acceptors (Lipinski definition) is 4. The lowest BCUT2D eigenvalue weighted by Gasteiger charge is -2.16. The van der Waals surface area contributed by atoms with E-state index in [9.17, 15) is 9.59 Å². The Bertz CT molecular complexity index is 1000. The van der Waals surface area contributed by atoms with Crippen molar-refractivity contribution in [3.05, 3.63) is 71.4 Å². The maximum absolute atomic E-state index is 12.5. The van der Waals surface area contributed by atoms with Gasteiger partial charge < -0.3 is 10.6 Å². The number of aryl methyl sites for hydroxylation is 1. The molecule has 150 valence electrons. The second kappa shape index (κ2) is 9.36. The van der Waals surface area contributed by atoms with E-state index in [-0.39, 0.29) is 24.9 Å². The molecule has 0 bridgehead atoms. The van der Waals surface area contributed by atoms with Gasteiger partial charge in [-0.2, -0.15) is 5.10 Å². The van der Waals surface area contributed by atoms with Gasteiger partial charge in [0.05, 0.1) is 35.2 Å². The van der Waals surface area contributed by atoms with Crippen LogP contribution in [-0.4, -0.2) is 46.6 Å². The Kier molecular flexibility index (Phi) is 6.64. The first kappa shape index (κ1) is 20.6. The lowest BCUT2D eigenvalue weighted by atomic mass is 10.3. The molecular formula is C21H22ClN5O2. The lowest BCUT2D eigenvalue weighted by Crippen LogP contribution is -2.36. The standard InChI is InChI=1S/C21H22ClN5O2/c1-15-12-19(27(25-15)16-8-4-3-5-9-16)24-21(29)14-26(2)13-20(28)23-18-11-7-6-10-17(18)22/h3-12H,13-14H2,1-2H3,(H,23,28)(H,24,29). The van der Waals surface area contributed by atoms with Gasteiger partial charge in [0.15, 0.2) is 0 Å². The fraction of sp³-hybridized carbons (Fsp3) is 0.190. The van der Waals surface area contributed by atoms with Gasteiger partial charge in [0.1, 0.15) is 5.82 Å². The molecule has 3 aromatic rings. The highest BCUT2D eigenvalue weighted by molar-refractivity contribution is 6.33. The summed E-state index contributed by atoms with van der Waals surface area (Å²) >= 11 is 6.05. The number of carbonyl (C=O) groups is 2. The number of rotatable bonds is 7. The summed E-state index contributed by atoms with van der Waals surface area (Å²) in [6.45, 7) is 1.96.